The molecule has 1 aromatic heterocycles. The van der Waals surface area contributed by atoms with Crippen LogP contribution in [-0.2, 0) is 19.3 Å². The maximum atomic E-state index is 13.8. The van der Waals surface area contributed by atoms with E-state index < -0.39 is 11.9 Å². The van der Waals surface area contributed by atoms with Crippen LogP contribution in [0.1, 0.15) is 29.5 Å². The maximum Gasteiger partial charge on any atom is 0.434 e. The van der Waals surface area contributed by atoms with E-state index in [1.165, 1.54) is 12.1 Å². The Balaban J connectivity index is 1.90. The van der Waals surface area contributed by atoms with Crippen LogP contribution in [0.4, 0.5) is 24.0 Å². The summed E-state index contributed by atoms with van der Waals surface area (Å²) in [6.07, 6.45) is -3.87. The normalized spacial score (nSPS) is 11.9. The molecule has 0 aliphatic rings. The zero-order valence-corrected chi connectivity index (χ0v) is 21.6. The second-order valence-corrected chi connectivity index (χ2v) is 10.3. The van der Waals surface area contributed by atoms with Crippen molar-refractivity contribution in [2.45, 2.75) is 32.6 Å². The van der Waals surface area contributed by atoms with E-state index in [-0.39, 0.29) is 32.3 Å². The number of nitrogens with zero attached hydrogens (tertiary/aromatic N) is 2. The molecule has 33 heavy (non-hydrogen) atoms. The van der Waals surface area contributed by atoms with E-state index in [1.807, 2.05) is 11.8 Å². The van der Waals surface area contributed by atoms with Crippen molar-refractivity contribution in [2.24, 2.45) is 0 Å². The van der Waals surface area contributed by atoms with E-state index in [1.54, 1.807) is 18.2 Å². The van der Waals surface area contributed by atoms with Crippen LogP contribution in [-0.4, -0.2) is 16.4 Å². The molecule has 0 amide bonds. The summed E-state index contributed by atoms with van der Waals surface area (Å²) in [6, 6.07) is 8.05. The number of benzene rings is 2. The minimum Gasteiger partial charge on any atom is -0.329 e. The molecule has 0 saturated heterocycles. The fourth-order valence-electron chi connectivity index (χ4n) is 3.13. The van der Waals surface area contributed by atoms with Crippen LogP contribution in [0.5, 0.6) is 0 Å². The topological polar surface area (TPSA) is 28.2 Å². The quantitative estimate of drug-likeness (QED) is 0.289. The molecule has 1 N–H and O–H groups in total. The van der Waals surface area contributed by atoms with Crippen LogP contribution in [0.25, 0.3) is 0 Å². The molecule has 0 bridgehead atoms. The van der Waals surface area contributed by atoms with Crippen LogP contribution in [0.15, 0.2) is 30.3 Å². The standard InChI is InChI=1S/C21H17Cl5F3N3S/c1-2-5-32(9-11-3-4-13(23)14(24)6-11)10-17-19(21(27,28)29)31-20(33-17)30-18-15(25)7-12(22)8-16(18)26/h3-4,6-8H,2,5,9-10H2,1H3,(H,30,31). The number of rotatable bonds is 8. The second kappa shape index (κ2) is 11.2. The molecule has 1 heterocycles. The molecule has 12 heteroatoms. The number of anilines is 2. The van der Waals surface area contributed by atoms with Crippen LogP contribution in [0.3, 0.4) is 0 Å². The van der Waals surface area contributed by atoms with Gasteiger partial charge in [0.25, 0.3) is 0 Å². The molecule has 0 atom stereocenters. The van der Waals surface area contributed by atoms with Crippen molar-refractivity contribution in [3.63, 3.8) is 0 Å². The molecule has 0 unspecified atom stereocenters. The van der Waals surface area contributed by atoms with Crippen LogP contribution >= 0.6 is 69.3 Å². The van der Waals surface area contributed by atoms with Crippen molar-refractivity contribution in [1.82, 2.24) is 9.88 Å². The Bertz CT molecular complexity index is 1110. The number of hydrogen-bond donors (Lipinski definition) is 1. The zero-order chi connectivity index (χ0) is 24.3. The van der Waals surface area contributed by atoms with Gasteiger partial charge < -0.3 is 5.32 Å². The van der Waals surface area contributed by atoms with Crippen molar-refractivity contribution < 1.29 is 13.2 Å². The van der Waals surface area contributed by atoms with Gasteiger partial charge in [0.1, 0.15) is 0 Å². The number of halogens is 8. The second-order valence-electron chi connectivity index (χ2n) is 7.12. The predicted molar refractivity (Wildman–Crippen MR) is 133 cm³/mol. The third-order valence-electron chi connectivity index (χ3n) is 4.50. The summed E-state index contributed by atoms with van der Waals surface area (Å²) in [5, 5.41) is 4.29. The van der Waals surface area contributed by atoms with Gasteiger partial charge in [-0.05, 0) is 42.8 Å². The molecule has 178 valence electrons. The summed E-state index contributed by atoms with van der Waals surface area (Å²) in [4.78, 5) is 5.76. The molecular formula is C21H17Cl5F3N3S. The fourth-order valence-corrected chi connectivity index (χ4v) is 5.39. The van der Waals surface area contributed by atoms with E-state index in [9.17, 15) is 13.2 Å². The van der Waals surface area contributed by atoms with E-state index in [0.29, 0.717) is 28.2 Å². The molecule has 0 aliphatic heterocycles. The average molecular weight is 578 g/mol. The Hall–Kier alpha value is -0.930. The Kier molecular flexibility index (Phi) is 9.06. The Morgan fingerprint density at radius 2 is 1.61 bits per heavy atom. The van der Waals surface area contributed by atoms with E-state index in [0.717, 1.165) is 23.3 Å². The van der Waals surface area contributed by atoms with Crippen molar-refractivity contribution in [1.29, 1.82) is 0 Å². The number of nitrogens with one attached hydrogen (secondary N) is 1. The summed E-state index contributed by atoms with van der Waals surface area (Å²) in [5.74, 6) is 0. The first kappa shape index (κ1) is 26.7. The van der Waals surface area contributed by atoms with Gasteiger partial charge in [0, 0.05) is 18.1 Å². The van der Waals surface area contributed by atoms with Crippen LogP contribution < -0.4 is 5.32 Å². The first-order chi connectivity index (χ1) is 15.5. The molecule has 0 spiro atoms. The smallest absolute Gasteiger partial charge is 0.329 e. The highest BCUT2D eigenvalue weighted by Gasteiger charge is 2.38. The van der Waals surface area contributed by atoms with Crippen molar-refractivity contribution >= 4 is 80.2 Å². The van der Waals surface area contributed by atoms with E-state index >= 15 is 0 Å². The lowest BCUT2D eigenvalue weighted by Crippen LogP contribution is -2.24. The molecule has 3 rings (SSSR count). The summed E-state index contributed by atoms with van der Waals surface area (Å²) in [7, 11) is 0. The molecule has 3 aromatic rings. The Morgan fingerprint density at radius 1 is 0.939 bits per heavy atom. The van der Waals surface area contributed by atoms with Gasteiger partial charge in [0.2, 0.25) is 0 Å². The van der Waals surface area contributed by atoms with Gasteiger partial charge in [-0.25, -0.2) is 4.98 Å². The Morgan fingerprint density at radius 3 is 2.18 bits per heavy atom. The van der Waals surface area contributed by atoms with E-state index in [4.69, 9.17) is 58.0 Å². The van der Waals surface area contributed by atoms with Gasteiger partial charge >= 0.3 is 6.18 Å². The predicted octanol–water partition coefficient (Wildman–Crippen LogP) is 9.58. The van der Waals surface area contributed by atoms with Crippen molar-refractivity contribution in [2.75, 3.05) is 11.9 Å². The fraction of sp³-hybridized carbons (Fsp3) is 0.286. The monoisotopic (exact) mass is 575 g/mol. The molecule has 2 aromatic carbocycles. The number of thiazole rings is 1. The third kappa shape index (κ3) is 7.04. The summed E-state index contributed by atoms with van der Waals surface area (Å²) >= 11 is 31.2. The minimum atomic E-state index is -4.62. The summed E-state index contributed by atoms with van der Waals surface area (Å²) in [6.45, 7) is 2.98. The van der Waals surface area contributed by atoms with Crippen molar-refractivity contribution in [3.8, 4) is 0 Å². The summed E-state index contributed by atoms with van der Waals surface area (Å²) < 4.78 is 41.3. The molecule has 0 aliphatic carbocycles. The first-order valence-electron chi connectivity index (χ1n) is 9.62. The van der Waals surface area contributed by atoms with Gasteiger partial charge in [-0.15, -0.1) is 0 Å². The minimum absolute atomic E-state index is 0.0226. The molecule has 0 saturated carbocycles. The average Bonchev–Trinajstić information content (AvgIpc) is 3.10. The number of aromatic nitrogens is 1. The molecule has 0 radical (unpaired) electrons. The lowest BCUT2D eigenvalue weighted by Gasteiger charge is -2.22. The highest BCUT2D eigenvalue weighted by molar-refractivity contribution is 7.15. The summed E-state index contributed by atoms with van der Waals surface area (Å²) in [5.41, 5.74) is 0.124. The SMILES string of the molecule is CCCN(Cc1ccc(Cl)c(Cl)c1)Cc1sc(Nc2c(Cl)cc(Cl)cc2Cl)nc1C(F)(F)F. The van der Waals surface area contributed by atoms with Crippen LogP contribution in [0.2, 0.25) is 25.1 Å². The number of alkyl halides is 3. The van der Waals surface area contributed by atoms with E-state index in [2.05, 4.69) is 10.3 Å². The Labute approximate surface area is 218 Å². The van der Waals surface area contributed by atoms with Gasteiger partial charge in [0.15, 0.2) is 10.8 Å². The van der Waals surface area contributed by atoms with Gasteiger partial charge in [-0.1, -0.05) is 82.3 Å². The van der Waals surface area contributed by atoms with Crippen LogP contribution in [0, 0.1) is 0 Å². The lowest BCUT2D eigenvalue weighted by molar-refractivity contribution is -0.141. The highest BCUT2D eigenvalue weighted by atomic mass is 35.5. The van der Waals surface area contributed by atoms with Crippen molar-refractivity contribution in [3.05, 3.63) is 71.6 Å². The third-order valence-corrected chi connectivity index (χ3v) is 7.01. The zero-order valence-electron chi connectivity index (χ0n) is 17.0. The van der Waals surface area contributed by atoms with Gasteiger partial charge in [-0.3, -0.25) is 4.90 Å². The lowest BCUT2D eigenvalue weighted by atomic mass is 10.2. The van der Waals surface area contributed by atoms with Gasteiger partial charge in [-0.2, -0.15) is 13.2 Å². The van der Waals surface area contributed by atoms with Gasteiger partial charge in [0.05, 0.1) is 30.7 Å². The molecule has 3 nitrogen and oxygen atoms in total. The maximum absolute atomic E-state index is 13.8. The number of hydrogen-bond acceptors (Lipinski definition) is 4. The molecule has 0 fully saturated rings. The first-order valence-corrected chi connectivity index (χ1v) is 12.3. The largest absolute Gasteiger partial charge is 0.434 e. The molecular weight excluding hydrogens is 561 g/mol. The highest BCUT2D eigenvalue weighted by Crippen LogP contribution is 2.41.